The smallest absolute Gasteiger partial charge is 0.329 e. The Balaban J connectivity index is 1.96. The van der Waals surface area contributed by atoms with Crippen molar-refractivity contribution in [2.24, 2.45) is 11.8 Å². The van der Waals surface area contributed by atoms with E-state index in [4.69, 9.17) is 0 Å². The van der Waals surface area contributed by atoms with Crippen LogP contribution in [0.25, 0.3) is 10.8 Å². The molecule has 1 aromatic heterocycles. The number of aliphatic carboxylic acids is 2. The molecule has 166 valence electrons. The Morgan fingerprint density at radius 3 is 2.41 bits per heavy atom. The molecule has 1 saturated heterocycles. The van der Waals surface area contributed by atoms with Gasteiger partial charge in [0.2, 0.25) is 0 Å². The van der Waals surface area contributed by atoms with Crippen LogP contribution < -0.4 is 0 Å². The van der Waals surface area contributed by atoms with Crippen molar-refractivity contribution in [2.75, 3.05) is 0 Å². The minimum Gasteiger partial charge on any atom is -0.481 e. The van der Waals surface area contributed by atoms with Gasteiger partial charge in [-0.1, -0.05) is 56.3 Å². The molecule has 2 heterocycles. The molecule has 0 spiro atoms. The van der Waals surface area contributed by atoms with Crippen LogP contribution in [0.2, 0.25) is 0 Å². The van der Waals surface area contributed by atoms with Gasteiger partial charge < -0.3 is 15.1 Å². The molecule has 6 nitrogen and oxygen atoms in total. The summed E-state index contributed by atoms with van der Waals surface area (Å²) in [5, 5.41) is 23.9. The van der Waals surface area contributed by atoms with Gasteiger partial charge in [-0.2, -0.15) is 0 Å². The van der Waals surface area contributed by atoms with Gasteiger partial charge >= 0.3 is 11.9 Å². The van der Waals surface area contributed by atoms with Crippen LogP contribution in [0, 0.1) is 11.8 Å². The molecule has 4 rings (SSSR count). The summed E-state index contributed by atoms with van der Waals surface area (Å²) in [4.78, 5) is 41.2. The first-order valence-corrected chi connectivity index (χ1v) is 11.5. The average Bonchev–Trinajstić information content (AvgIpc) is 3.39. The lowest BCUT2D eigenvalue weighted by Gasteiger charge is -2.39. The zero-order valence-electron chi connectivity index (χ0n) is 17.9. The Morgan fingerprint density at radius 1 is 1.06 bits per heavy atom. The van der Waals surface area contributed by atoms with Gasteiger partial charge in [-0.25, -0.2) is 4.79 Å². The highest BCUT2D eigenvalue weighted by Gasteiger charge is 2.61. The summed E-state index contributed by atoms with van der Waals surface area (Å²) < 4.78 is 0. The van der Waals surface area contributed by atoms with Crippen molar-refractivity contribution < 1.29 is 24.6 Å². The third-order valence-corrected chi connectivity index (χ3v) is 7.16. The zero-order chi connectivity index (χ0) is 23.0. The molecule has 3 aromatic rings. The Kier molecular flexibility index (Phi) is 5.77. The number of thiophene rings is 1. The van der Waals surface area contributed by atoms with Crippen molar-refractivity contribution in [3.8, 4) is 0 Å². The second-order valence-electron chi connectivity index (χ2n) is 8.75. The number of hydrogen-bond donors (Lipinski definition) is 2. The van der Waals surface area contributed by atoms with E-state index in [9.17, 15) is 24.6 Å². The summed E-state index contributed by atoms with van der Waals surface area (Å²) in [5.41, 5.74) is -1.23. The lowest BCUT2D eigenvalue weighted by atomic mass is 9.83. The van der Waals surface area contributed by atoms with Gasteiger partial charge in [-0.3, -0.25) is 9.59 Å². The number of rotatable bonds is 6. The van der Waals surface area contributed by atoms with Crippen LogP contribution in [0.5, 0.6) is 0 Å². The standard InChI is InChI=1S/C25H25NO5S/c1-15(2)13-25(24(30)31)14-19(23(28)29)21(20-11-6-12-32-20)26(25)22(27)18-10-5-8-16-7-3-4-9-17(16)18/h3-12,15,19,21H,13-14H2,1-2H3,(H,28,29)(H,30,31)/t19-,21+,25-/m0/s1. The van der Waals surface area contributed by atoms with Gasteiger partial charge in [0.05, 0.1) is 12.0 Å². The second kappa shape index (κ2) is 8.39. The molecule has 0 unspecified atom stereocenters. The molecule has 0 aliphatic carbocycles. The first-order valence-electron chi connectivity index (χ1n) is 10.6. The van der Waals surface area contributed by atoms with Gasteiger partial charge in [0.25, 0.3) is 5.91 Å². The van der Waals surface area contributed by atoms with Crippen molar-refractivity contribution >= 4 is 40.0 Å². The zero-order valence-corrected chi connectivity index (χ0v) is 18.7. The number of likely N-dealkylation sites (tertiary alicyclic amines) is 1. The second-order valence-corrected chi connectivity index (χ2v) is 9.72. The maximum atomic E-state index is 14.1. The van der Waals surface area contributed by atoms with Gasteiger partial charge in [0.1, 0.15) is 5.54 Å². The number of carboxylic acid groups (broad SMARTS) is 2. The Morgan fingerprint density at radius 2 is 1.78 bits per heavy atom. The van der Waals surface area contributed by atoms with Crippen LogP contribution in [-0.4, -0.2) is 38.5 Å². The number of amides is 1. The Bertz CT molecular complexity index is 1170. The quantitative estimate of drug-likeness (QED) is 0.546. The molecule has 2 aromatic carbocycles. The first-order chi connectivity index (χ1) is 15.3. The molecule has 0 bridgehead atoms. The van der Waals surface area contributed by atoms with Crippen molar-refractivity contribution in [2.45, 2.75) is 38.3 Å². The minimum atomic E-state index is -1.61. The molecule has 1 amide bonds. The number of nitrogens with zero attached hydrogens (tertiary/aromatic N) is 1. The van der Waals surface area contributed by atoms with Gasteiger partial charge in [-0.15, -0.1) is 11.3 Å². The number of carbonyl (C=O) groups excluding carboxylic acids is 1. The molecule has 1 fully saturated rings. The molecule has 1 aliphatic heterocycles. The average molecular weight is 452 g/mol. The number of carbonyl (C=O) groups is 3. The summed E-state index contributed by atoms with van der Waals surface area (Å²) in [7, 11) is 0. The highest BCUT2D eigenvalue weighted by Crippen LogP contribution is 2.51. The number of benzene rings is 2. The summed E-state index contributed by atoms with van der Waals surface area (Å²) >= 11 is 1.34. The van der Waals surface area contributed by atoms with Crippen LogP contribution in [0.15, 0.2) is 60.0 Å². The van der Waals surface area contributed by atoms with Crippen LogP contribution in [0.3, 0.4) is 0 Å². The normalized spacial score (nSPS) is 23.0. The molecule has 3 atom stereocenters. The number of fused-ring (bicyclic) bond motifs is 1. The minimum absolute atomic E-state index is 0.0505. The van der Waals surface area contributed by atoms with Crippen molar-refractivity contribution in [1.29, 1.82) is 0 Å². The number of hydrogen-bond acceptors (Lipinski definition) is 4. The fraction of sp³-hybridized carbons (Fsp3) is 0.320. The molecule has 0 radical (unpaired) electrons. The van der Waals surface area contributed by atoms with E-state index in [1.165, 1.54) is 16.2 Å². The fourth-order valence-electron chi connectivity index (χ4n) is 5.02. The van der Waals surface area contributed by atoms with E-state index >= 15 is 0 Å². The predicted octanol–water partition coefficient (Wildman–Crippen LogP) is 5.06. The maximum Gasteiger partial charge on any atom is 0.329 e. The van der Waals surface area contributed by atoms with Crippen molar-refractivity contribution in [3.05, 3.63) is 70.4 Å². The van der Waals surface area contributed by atoms with E-state index in [0.717, 1.165) is 5.39 Å². The largest absolute Gasteiger partial charge is 0.481 e. The van der Waals surface area contributed by atoms with Crippen molar-refractivity contribution in [1.82, 2.24) is 4.90 Å². The van der Waals surface area contributed by atoms with Crippen LogP contribution >= 0.6 is 11.3 Å². The predicted molar refractivity (Wildman–Crippen MR) is 123 cm³/mol. The van der Waals surface area contributed by atoms with Crippen LogP contribution in [-0.2, 0) is 9.59 Å². The van der Waals surface area contributed by atoms with E-state index < -0.39 is 35.3 Å². The fourth-order valence-corrected chi connectivity index (χ4v) is 5.91. The van der Waals surface area contributed by atoms with E-state index in [1.54, 1.807) is 24.3 Å². The summed E-state index contributed by atoms with van der Waals surface area (Å²) in [5.74, 6) is -3.77. The summed E-state index contributed by atoms with van der Waals surface area (Å²) in [6.07, 6.45) is 0.0411. The SMILES string of the molecule is CC(C)C[C@@]1(C(=O)O)C[C@H](C(=O)O)[C@H](c2cccs2)N1C(=O)c1cccc2ccccc12. The lowest BCUT2D eigenvalue weighted by molar-refractivity contribution is -0.150. The van der Waals surface area contributed by atoms with E-state index in [2.05, 4.69) is 0 Å². The lowest BCUT2D eigenvalue weighted by Crippen LogP contribution is -2.54. The molecular weight excluding hydrogens is 426 g/mol. The topological polar surface area (TPSA) is 94.9 Å². The third kappa shape index (κ3) is 3.56. The van der Waals surface area contributed by atoms with E-state index in [0.29, 0.717) is 15.8 Å². The Labute approximate surface area is 190 Å². The molecular formula is C25H25NO5S. The summed E-state index contributed by atoms with van der Waals surface area (Å²) in [6.45, 7) is 3.78. The maximum absolute atomic E-state index is 14.1. The molecule has 32 heavy (non-hydrogen) atoms. The molecule has 2 N–H and O–H groups in total. The van der Waals surface area contributed by atoms with E-state index in [1.807, 2.05) is 49.6 Å². The van der Waals surface area contributed by atoms with Gasteiger partial charge in [-0.05, 0) is 47.0 Å². The molecule has 1 aliphatic rings. The monoisotopic (exact) mass is 451 g/mol. The highest BCUT2D eigenvalue weighted by atomic mass is 32.1. The molecule has 0 saturated carbocycles. The van der Waals surface area contributed by atoms with Crippen LogP contribution in [0.4, 0.5) is 0 Å². The van der Waals surface area contributed by atoms with Gasteiger partial charge in [0, 0.05) is 10.4 Å². The van der Waals surface area contributed by atoms with Crippen molar-refractivity contribution in [3.63, 3.8) is 0 Å². The van der Waals surface area contributed by atoms with E-state index in [-0.39, 0.29) is 18.8 Å². The number of carboxylic acids is 2. The third-order valence-electron chi connectivity index (χ3n) is 6.21. The highest BCUT2D eigenvalue weighted by molar-refractivity contribution is 7.10. The van der Waals surface area contributed by atoms with Gasteiger partial charge in [0.15, 0.2) is 0 Å². The van der Waals surface area contributed by atoms with Crippen LogP contribution in [0.1, 0.15) is 48.0 Å². The summed E-state index contributed by atoms with van der Waals surface area (Å²) in [6, 6.07) is 15.5. The molecule has 7 heteroatoms. The first kappa shape index (κ1) is 22.0. The Hall–Kier alpha value is -3.19.